The molecule has 7 nitrogen and oxygen atoms in total. The van der Waals surface area contributed by atoms with Crippen LogP contribution >= 0.6 is 0 Å². The van der Waals surface area contributed by atoms with Crippen LogP contribution in [-0.2, 0) is 4.84 Å². The number of amides is 1. The zero-order valence-electron chi connectivity index (χ0n) is 12.1. The van der Waals surface area contributed by atoms with E-state index in [9.17, 15) is 9.59 Å². The van der Waals surface area contributed by atoms with Gasteiger partial charge in [0.05, 0.1) is 0 Å². The highest BCUT2D eigenvalue weighted by molar-refractivity contribution is 5.91. The summed E-state index contributed by atoms with van der Waals surface area (Å²) in [7, 11) is 0. The predicted molar refractivity (Wildman–Crippen MR) is 78.0 cm³/mol. The number of pyridine rings is 1. The number of carbonyl (C=O) groups excluding carboxylic acids is 1. The molecule has 7 heteroatoms. The predicted octanol–water partition coefficient (Wildman–Crippen LogP) is 1.46. The van der Waals surface area contributed by atoms with Crippen molar-refractivity contribution < 1.29 is 9.63 Å². The monoisotopic (exact) mass is 300 g/mol. The fourth-order valence-corrected chi connectivity index (χ4v) is 2.04. The quantitative estimate of drug-likeness (QED) is 0.815. The van der Waals surface area contributed by atoms with Crippen LogP contribution in [-0.4, -0.2) is 20.9 Å². The SMILES string of the molecule is C[C@H](ONC(=O)c1cc(=O)[nH]c(C2CC2)n1)c1ccncc1. The van der Waals surface area contributed by atoms with Crippen molar-refractivity contribution in [2.45, 2.75) is 31.8 Å². The summed E-state index contributed by atoms with van der Waals surface area (Å²) < 4.78 is 0. The molecule has 2 heterocycles. The molecule has 0 unspecified atom stereocenters. The highest BCUT2D eigenvalue weighted by Crippen LogP contribution is 2.37. The van der Waals surface area contributed by atoms with E-state index in [2.05, 4.69) is 20.4 Å². The molecule has 0 saturated heterocycles. The Bertz CT molecular complexity index is 725. The summed E-state index contributed by atoms with van der Waals surface area (Å²) in [6, 6.07) is 4.77. The lowest BCUT2D eigenvalue weighted by Crippen LogP contribution is -2.28. The van der Waals surface area contributed by atoms with Crippen LogP contribution < -0.4 is 11.0 Å². The molecule has 1 atom stereocenters. The molecule has 2 aromatic heterocycles. The van der Waals surface area contributed by atoms with E-state index in [4.69, 9.17) is 4.84 Å². The van der Waals surface area contributed by atoms with Gasteiger partial charge in [-0.25, -0.2) is 10.5 Å². The Labute approximate surface area is 126 Å². The third-order valence-electron chi connectivity index (χ3n) is 3.46. The van der Waals surface area contributed by atoms with Crippen molar-refractivity contribution in [3.63, 3.8) is 0 Å². The minimum atomic E-state index is -0.533. The minimum absolute atomic E-state index is 0.0626. The van der Waals surface area contributed by atoms with Crippen molar-refractivity contribution in [2.24, 2.45) is 0 Å². The van der Waals surface area contributed by atoms with Crippen LogP contribution in [0.5, 0.6) is 0 Å². The second-order valence-electron chi connectivity index (χ2n) is 5.26. The number of aromatic nitrogens is 3. The highest BCUT2D eigenvalue weighted by Gasteiger charge is 2.27. The summed E-state index contributed by atoms with van der Waals surface area (Å²) in [5.74, 6) is 0.297. The number of nitrogens with one attached hydrogen (secondary N) is 2. The lowest BCUT2D eigenvalue weighted by Gasteiger charge is -2.13. The zero-order valence-corrected chi connectivity index (χ0v) is 12.1. The fraction of sp³-hybridized carbons (Fsp3) is 0.333. The molecule has 1 aliphatic rings. The van der Waals surface area contributed by atoms with Gasteiger partial charge in [0.25, 0.3) is 11.5 Å². The standard InChI is InChI=1S/C15H16N4O3/c1-9(10-4-6-16-7-5-10)22-19-15(21)12-8-13(20)18-14(17-12)11-2-3-11/h4-9,11H,2-3H2,1H3,(H,19,21)(H,17,18,20)/t9-/m0/s1. The molecule has 1 fully saturated rings. The molecule has 0 radical (unpaired) electrons. The van der Waals surface area contributed by atoms with E-state index in [0.29, 0.717) is 5.82 Å². The number of carbonyl (C=O) groups is 1. The molecule has 1 saturated carbocycles. The first kappa shape index (κ1) is 14.4. The molecule has 2 aromatic rings. The Morgan fingerprint density at radius 1 is 1.41 bits per heavy atom. The van der Waals surface area contributed by atoms with E-state index in [1.165, 1.54) is 6.07 Å². The number of hydrogen-bond acceptors (Lipinski definition) is 5. The summed E-state index contributed by atoms with van der Waals surface area (Å²) in [5.41, 5.74) is 2.95. The normalized spacial score (nSPS) is 15.3. The van der Waals surface area contributed by atoms with Crippen molar-refractivity contribution in [2.75, 3.05) is 0 Å². The lowest BCUT2D eigenvalue weighted by atomic mass is 10.2. The van der Waals surface area contributed by atoms with Gasteiger partial charge >= 0.3 is 0 Å². The van der Waals surface area contributed by atoms with E-state index in [1.54, 1.807) is 31.5 Å². The largest absolute Gasteiger partial charge is 0.310 e. The molecule has 3 rings (SSSR count). The molecular weight excluding hydrogens is 284 g/mol. The van der Waals surface area contributed by atoms with Crippen LogP contribution in [0.15, 0.2) is 35.4 Å². The Balaban J connectivity index is 1.66. The third kappa shape index (κ3) is 3.37. The Morgan fingerprint density at radius 2 is 2.14 bits per heavy atom. The van der Waals surface area contributed by atoms with Gasteiger partial charge in [-0.3, -0.25) is 19.4 Å². The van der Waals surface area contributed by atoms with Gasteiger partial charge < -0.3 is 4.98 Å². The number of aromatic amines is 1. The molecular formula is C15H16N4O3. The van der Waals surface area contributed by atoms with Crippen molar-refractivity contribution in [3.05, 3.63) is 58.0 Å². The van der Waals surface area contributed by atoms with Gasteiger partial charge in [0.2, 0.25) is 0 Å². The van der Waals surface area contributed by atoms with E-state index < -0.39 is 5.91 Å². The van der Waals surface area contributed by atoms with E-state index in [-0.39, 0.29) is 23.3 Å². The third-order valence-corrected chi connectivity index (χ3v) is 3.46. The van der Waals surface area contributed by atoms with Gasteiger partial charge in [0.1, 0.15) is 17.6 Å². The second kappa shape index (κ2) is 6.07. The fourth-order valence-electron chi connectivity index (χ4n) is 2.04. The molecule has 114 valence electrons. The van der Waals surface area contributed by atoms with Crippen molar-refractivity contribution in [1.82, 2.24) is 20.4 Å². The first-order chi connectivity index (χ1) is 10.6. The number of rotatable bonds is 5. The summed E-state index contributed by atoms with van der Waals surface area (Å²) in [6.07, 6.45) is 4.94. The van der Waals surface area contributed by atoms with Crippen LogP contribution in [0, 0.1) is 0 Å². The van der Waals surface area contributed by atoms with Crippen molar-refractivity contribution >= 4 is 5.91 Å². The average molecular weight is 300 g/mol. The molecule has 2 N–H and O–H groups in total. The zero-order chi connectivity index (χ0) is 15.5. The summed E-state index contributed by atoms with van der Waals surface area (Å²) in [5, 5.41) is 0. The lowest BCUT2D eigenvalue weighted by molar-refractivity contribution is -0.00926. The maximum atomic E-state index is 12.1. The molecule has 1 aliphatic carbocycles. The summed E-state index contributed by atoms with van der Waals surface area (Å²) >= 11 is 0. The molecule has 22 heavy (non-hydrogen) atoms. The average Bonchev–Trinajstić information content (AvgIpc) is 3.37. The van der Waals surface area contributed by atoms with Crippen LogP contribution in [0.3, 0.4) is 0 Å². The van der Waals surface area contributed by atoms with E-state index in [0.717, 1.165) is 18.4 Å². The van der Waals surface area contributed by atoms with Gasteiger partial charge in [-0.2, -0.15) is 0 Å². The van der Waals surface area contributed by atoms with E-state index >= 15 is 0 Å². The van der Waals surface area contributed by atoms with Crippen LogP contribution in [0.2, 0.25) is 0 Å². The highest BCUT2D eigenvalue weighted by atomic mass is 16.7. The van der Waals surface area contributed by atoms with Crippen LogP contribution in [0.4, 0.5) is 0 Å². The van der Waals surface area contributed by atoms with Crippen LogP contribution in [0.25, 0.3) is 0 Å². The molecule has 0 bridgehead atoms. The summed E-state index contributed by atoms with van der Waals surface area (Å²) in [4.78, 5) is 39.7. The summed E-state index contributed by atoms with van der Waals surface area (Å²) in [6.45, 7) is 1.80. The van der Waals surface area contributed by atoms with E-state index in [1.807, 2.05) is 0 Å². The van der Waals surface area contributed by atoms with Gasteiger partial charge in [0.15, 0.2) is 0 Å². The molecule has 0 aliphatic heterocycles. The number of nitrogens with zero attached hydrogens (tertiary/aromatic N) is 2. The van der Waals surface area contributed by atoms with Crippen molar-refractivity contribution in [1.29, 1.82) is 0 Å². The molecule has 1 amide bonds. The Hall–Kier alpha value is -2.54. The van der Waals surface area contributed by atoms with Gasteiger partial charge in [-0.1, -0.05) is 0 Å². The van der Waals surface area contributed by atoms with Gasteiger partial charge in [-0.15, -0.1) is 0 Å². The Morgan fingerprint density at radius 3 is 2.82 bits per heavy atom. The number of H-pyrrole nitrogens is 1. The Kier molecular flexibility index (Phi) is 3.97. The minimum Gasteiger partial charge on any atom is -0.310 e. The first-order valence-corrected chi connectivity index (χ1v) is 7.10. The number of hydroxylamine groups is 1. The van der Waals surface area contributed by atoms with Gasteiger partial charge in [-0.05, 0) is 37.5 Å². The van der Waals surface area contributed by atoms with Crippen molar-refractivity contribution in [3.8, 4) is 0 Å². The smallest absolute Gasteiger partial charge is 0.293 e. The molecule has 0 aromatic carbocycles. The van der Waals surface area contributed by atoms with Gasteiger partial charge in [0, 0.05) is 24.4 Å². The number of hydrogen-bond donors (Lipinski definition) is 2. The molecule has 0 spiro atoms. The maximum absolute atomic E-state index is 12.1. The maximum Gasteiger partial charge on any atom is 0.293 e. The topological polar surface area (TPSA) is 97.0 Å². The second-order valence-corrected chi connectivity index (χ2v) is 5.26. The first-order valence-electron chi connectivity index (χ1n) is 7.10. The van der Waals surface area contributed by atoms with Crippen LogP contribution in [0.1, 0.15) is 53.7 Å².